The lowest BCUT2D eigenvalue weighted by Gasteiger charge is -2.03. The van der Waals surface area contributed by atoms with Gasteiger partial charge >= 0.3 is 5.63 Å². The van der Waals surface area contributed by atoms with Crippen LogP contribution in [-0.2, 0) is 0 Å². The van der Waals surface area contributed by atoms with Crippen LogP contribution in [0.1, 0.15) is 5.56 Å². The van der Waals surface area contributed by atoms with Crippen molar-refractivity contribution >= 4 is 37.7 Å². The fraction of sp³-hybridized carbons (Fsp3) is 0.0714. The van der Waals surface area contributed by atoms with E-state index in [1.165, 1.54) is 0 Å². The van der Waals surface area contributed by atoms with E-state index in [-0.39, 0.29) is 5.63 Å². The Labute approximate surface area is 106 Å². The van der Waals surface area contributed by atoms with E-state index in [1.54, 1.807) is 0 Å². The molecule has 0 saturated carbocycles. The van der Waals surface area contributed by atoms with Crippen molar-refractivity contribution in [3.05, 3.63) is 56.9 Å². The topological polar surface area (TPSA) is 30.2 Å². The van der Waals surface area contributed by atoms with Crippen LogP contribution in [0.25, 0.3) is 21.7 Å². The molecule has 0 radical (unpaired) electrons. The molecule has 3 aromatic rings. The van der Waals surface area contributed by atoms with Crippen LogP contribution in [0.2, 0.25) is 0 Å². The Morgan fingerprint density at radius 3 is 2.59 bits per heavy atom. The van der Waals surface area contributed by atoms with Gasteiger partial charge in [0.05, 0.1) is 5.39 Å². The third kappa shape index (κ3) is 1.67. The summed E-state index contributed by atoms with van der Waals surface area (Å²) in [4.78, 5) is 11.9. The summed E-state index contributed by atoms with van der Waals surface area (Å²) >= 11 is 3.37. The number of hydrogen-bond acceptors (Lipinski definition) is 2. The minimum Gasteiger partial charge on any atom is -0.422 e. The van der Waals surface area contributed by atoms with Crippen molar-refractivity contribution in [1.82, 2.24) is 0 Å². The normalized spacial score (nSPS) is 11.2. The number of aryl methyl sites for hydroxylation is 1. The zero-order valence-corrected chi connectivity index (χ0v) is 10.7. The van der Waals surface area contributed by atoms with Crippen LogP contribution in [0.4, 0.5) is 0 Å². The molecule has 0 aliphatic heterocycles. The van der Waals surface area contributed by atoms with Gasteiger partial charge < -0.3 is 4.42 Å². The molecular weight excluding hydrogens is 280 g/mol. The fourth-order valence-electron chi connectivity index (χ4n) is 2.02. The first-order chi connectivity index (χ1) is 8.15. The quantitative estimate of drug-likeness (QED) is 0.462. The number of fused-ring (bicyclic) bond motifs is 3. The van der Waals surface area contributed by atoms with Gasteiger partial charge in [-0.05, 0) is 36.6 Å². The maximum atomic E-state index is 11.9. The van der Waals surface area contributed by atoms with Gasteiger partial charge in [-0.1, -0.05) is 33.6 Å². The molecule has 2 aromatic carbocycles. The summed E-state index contributed by atoms with van der Waals surface area (Å²) in [5.74, 6) is 0. The molecule has 0 atom stereocenters. The van der Waals surface area contributed by atoms with Gasteiger partial charge in [0.2, 0.25) is 0 Å². The van der Waals surface area contributed by atoms with Crippen LogP contribution in [-0.4, -0.2) is 0 Å². The Morgan fingerprint density at radius 2 is 1.76 bits per heavy atom. The average Bonchev–Trinajstić information content (AvgIpc) is 2.29. The summed E-state index contributed by atoms with van der Waals surface area (Å²) in [6.45, 7) is 1.96. The Bertz CT molecular complexity index is 787. The lowest BCUT2D eigenvalue weighted by molar-refractivity contribution is 0.569. The second-order valence-electron chi connectivity index (χ2n) is 4.08. The zero-order valence-electron chi connectivity index (χ0n) is 9.16. The Morgan fingerprint density at radius 1 is 1.00 bits per heavy atom. The van der Waals surface area contributed by atoms with E-state index in [9.17, 15) is 4.79 Å². The van der Waals surface area contributed by atoms with Crippen LogP contribution in [0.5, 0.6) is 0 Å². The summed E-state index contributed by atoms with van der Waals surface area (Å²) in [5, 5.41) is 2.54. The molecule has 0 aliphatic rings. The molecule has 84 valence electrons. The van der Waals surface area contributed by atoms with Crippen molar-refractivity contribution in [1.29, 1.82) is 0 Å². The Hall–Kier alpha value is -1.61. The van der Waals surface area contributed by atoms with E-state index in [1.807, 2.05) is 43.3 Å². The number of halogens is 1. The van der Waals surface area contributed by atoms with Crippen molar-refractivity contribution in [2.75, 3.05) is 0 Å². The largest absolute Gasteiger partial charge is 0.422 e. The van der Waals surface area contributed by atoms with Crippen molar-refractivity contribution in [2.45, 2.75) is 6.92 Å². The Balaban J connectivity index is 2.60. The molecule has 1 aromatic heterocycles. The van der Waals surface area contributed by atoms with Crippen LogP contribution in [0.15, 0.2) is 50.1 Å². The Kier molecular flexibility index (Phi) is 2.30. The van der Waals surface area contributed by atoms with Gasteiger partial charge in [0, 0.05) is 9.86 Å². The molecule has 0 unspecified atom stereocenters. The maximum absolute atomic E-state index is 11.9. The van der Waals surface area contributed by atoms with Crippen LogP contribution in [0, 0.1) is 6.92 Å². The molecule has 0 amide bonds. The highest BCUT2D eigenvalue weighted by atomic mass is 79.9. The van der Waals surface area contributed by atoms with Gasteiger partial charge in [-0.2, -0.15) is 0 Å². The second-order valence-corrected chi connectivity index (χ2v) is 4.99. The molecule has 0 aliphatic carbocycles. The van der Waals surface area contributed by atoms with Crippen LogP contribution >= 0.6 is 15.9 Å². The number of rotatable bonds is 0. The molecular formula is C14H9BrO2. The molecule has 0 bridgehead atoms. The van der Waals surface area contributed by atoms with Crippen molar-refractivity contribution < 1.29 is 4.42 Å². The first kappa shape index (κ1) is 10.5. The minimum atomic E-state index is -0.283. The SMILES string of the molecule is Cc1ccc2c(c1)c(=O)oc1cc(Br)ccc12. The molecule has 0 N–H and O–H groups in total. The highest BCUT2D eigenvalue weighted by Gasteiger charge is 2.07. The predicted octanol–water partition coefficient (Wildman–Crippen LogP) is 4.02. The van der Waals surface area contributed by atoms with Gasteiger partial charge in [0.25, 0.3) is 0 Å². The molecule has 2 nitrogen and oxygen atoms in total. The zero-order chi connectivity index (χ0) is 12.0. The third-order valence-electron chi connectivity index (χ3n) is 2.83. The van der Waals surface area contributed by atoms with Gasteiger partial charge in [-0.3, -0.25) is 0 Å². The highest BCUT2D eigenvalue weighted by molar-refractivity contribution is 9.10. The molecule has 0 fully saturated rings. The molecule has 1 heterocycles. The first-order valence-electron chi connectivity index (χ1n) is 5.28. The van der Waals surface area contributed by atoms with Gasteiger partial charge in [-0.15, -0.1) is 0 Å². The molecule has 17 heavy (non-hydrogen) atoms. The maximum Gasteiger partial charge on any atom is 0.344 e. The van der Waals surface area contributed by atoms with Crippen molar-refractivity contribution in [3.63, 3.8) is 0 Å². The summed E-state index contributed by atoms with van der Waals surface area (Å²) in [7, 11) is 0. The summed E-state index contributed by atoms with van der Waals surface area (Å²) in [6, 6.07) is 11.6. The van der Waals surface area contributed by atoms with Crippen molar-refractivity contribution in [3.8, 4) is 0 Å². The smallest absolute Gasteiger partial charge is 0.344 e. The molecule has 0 spiro atoms. The van der Waals surface area contributed by atoms with Gasteiger partial charge in [-0.25, -0.2) is 4.79 Å². The third-order valence-corrected chi connectivity index (χ3v) is 3.32. The summed E-state index contributed by atoms with van der Waals surface area (Å²) in [6.07, 6.45) is 0. The number of hydrogen-bond donors (Lipinski definition) is 0. The molecule has 3 heteroatoms. The lowest BCUT2D eigenvalue weighted by Crippen LogP contribution is -1.99. The lowest BCUT2D eigenvalue weighted by atomic mass is 10.1. The summed E-state index contributed by atoms with van der Waals surface area (Å²) in [5.41, 5.74) is 1.39. The monoisotopic (exact) mass is 288 g/mol. The second kappa shape index (κ2) is 3.70. The van der Waals surface area contributed by atoms with Gasteiger partial charge in [0.15, 0.2) is 0 Å². The highest BCUT2D eigenvalue weighted by Crippen LogP contribution is 2.25. The van der Waals surface area contributed by atoms with Crippen LogP contribution < -0.4 is 5.63 Å². The average molecular weight is 289 g/mol. The summed E-state index contributed by atoms with van der Waals surface area (Å²) < 4.78 is 6.23. The first-order valence-corrected chi connectivity index (χ1v) is 6.07. The van der Waals surface area contributed by atoms with E-state index in [4.69, 9.17) is 4.42 Å². The minimum absolute atomic E-state index is 0.283. The standard InChI is InChI=1S/C14H9BrO2/c1-8-2-4-10-11-5-3-9(15)7-13(11)17-14(16)12(10)6-8/h2-7H,1H3. The fourth-order valence-corrected chi connectivity index (χ4v) is 2.36. The van der Waals surface area contributed by atoms with E-state index in [2.05, 4.69) is 15.9 Å². The molecule has 0 saturated heterocycles. The van der Waals surface area contributed by atoms with E-state index >= 15 is 0 Å². The van der Waals surface area contributed by atoms with Crippen molar-refractivity contribution in [2.24, 2.45) is 0 Å². The van der Waals surface area contributed by atoms with E-state index in [0.717, 1.165) is 20.8 Å². The predicted molar refractivity (Wildman–Crippen MR) is 72.4 cm³/mol. The number of benzene rings is 2. The van der Waals surface area contributed by atoms with E-state index in [0.29, 0.717) is 11.0 Å². The van der Waals surface area contributed by atoms with Crippen LogP contribution in [0.3, 0.4) is 0 Å². The molecule has 3 rings (SSSR count). The van der Waals surface area contributed by atoms with E-state index < -0.39 is 0 Å². The van der Waals surface area contributed by atoms with Gasteiger partial charge in [0.1, 0.15) is 5.58 Å².